The smallest absolute Gasteiger partial charge is 0.142 e. The van der Waals surface area contributed by atoms with Crippen molar-refractivity contribution in [1.82, 2.24) is 4.90 Å². The molecule has 0 saturated carbocycles. The lowest BCUT2D eigenvalue weighted by molar-refractivity contribution is 0.0252. The van der Waals surface area contributed by atoms with Gasteiger partial charge in [-0.1, -0.05) is 18.0 Å². The Morgan fingerprint density at radius 3 is 2.78 bits per heavy atom. The number of halogens is 1. The molecular weight excluding hydrogens is 310 g/mol. The third-order valence-corrected chi connectivity index (χ3v) is 6.32. The number of ether oxygens (including phenoxy) is 1. The zero-order chi connectivity index (χ0) is 16.0. The number of hydrogen-bond donors (Lipinski definition) is 2. The second kappa shape index (κ2) is 6.15. The first-order valence-corrected chi connectivity index (χ1v) is 9.16. The molecule has 2 fully saturated rings. The molecule has 3 aliphatic rings. The van der Waals surface area contributed by atoms with E-state index in [-0.39, 0.29) is 12.1 Å². The van der Waals surface area contributed by atoms with Crippen molar-refractivity contribution in [2.75, 3.05) is 19.0 Å². The standard InChI is InChI=1S/C18H26ClN3O/c1-22-13-3-2-4-14(22)8-11(7-13)18(20)16-10-23-17-6-5-12(19)9-15(17)21-16/h5-6,9,11,13-14,16,18,21H,2-4,7-8,10,20H2,1H3. The number of benzene rings is 1. The second-order valence-electron chi connectivity index (χ2n) is 7.42. The normalized spacial score (nSPS) is 34.9. The van der Waals surface area contributed by atoms with Gasteiger partial charge >= 0.3 is 0 Å². The maximum Gasteiger partial charge on any atom is 0.142 e. The quantitative estimate of drug-likeness (QED) is 0.872. The van der Waals surface area contributed by atoms with E-state index in [2.05, 4.69) is 17.3 Å². The Kier molecular flexibility index (Phi) is 4.16. The van der Waals surface area contributed by atoms with Gasteiger partial charge in [0.25, 0.3) is 0 Å². The number of hydrogen-bond acceptors (Lipinski definition) is 4. The molecule has 4 unspecified atom stereocenters. The fourth-order valence-corrected chi connectivity index (χ4v) is 4.84. The number of anilines is 1. The van der Waals surface area contributed by atoms with Gasteiger partial charge in [-0.2, -0.15) is 0 Å². The van der Waals surface area contributed by atoms with Gasteiger partial charge < -0.3 is 20.7 Å². The fraction of sp³-hybridized carbons (Fsp3) is 0.667. The molecule has 2 bridgehead atoms. The molecule has 0 aliphatic carbocycles. The van der Waals surface area contributed by atoms with Gasteiger partial charge in [0.2, 0.25) is 0 Å². The van der Waals surface area contributed by atoms with Crippen LogP contribution in [0.25, 0.3) is 0 Å². The van der Waals surface area contributed by atoms with Crippen LogP contribution in [0.2, 0.25) is 5.02 Å². The topological polar surface area (TPSA) is 50.5 Å². The summed E-state index contributed by atoms with van der Waals surface area (Å²) in [4.78, 5) is 2.59. The summed E-state index contributed by atoms with van der Waals surface area (Å²) in [7, 11) is 2.29. The van der Waals surface area contributed by atoms with Crippen molar-refractivity contribution < 1.29 is 4.74 Å². The maximum atomic E-state index is 6.67. The molecule has 23 heavy (non-hydrogen) atoms. The molecule has 1 aromatic carbocycles. The monoisotopic (exact) mass is 335 g/mol. The number of nitrogens with two attached hydrogens (primary N) is 1. The second-order valence-corrected chi connectivity index (χ2v) is 7.85. The third-order valence-electron chi connectivity index (χ3n) is 6.09. The lowest BCUT2D eigenvalue weighted by Crippen LogP contribution is -2.57. The molecule has 5 heteroatoms. The number of fused-ring (bicyclic) bond motifs is 3. The lowest BCUT2D eigenvalue weighted by Gasteiger charge is -2.49. The summed E-state index contributed by atoms with van der Waals surface area (Å²) in [5, 5.41) is 4.29. The summed E-state index contributed by atoms with van der Waals surface area (Å²) in [5.74, 6) is 1.45. The Bertz CT molecular complexity index is 567. The van der Waals surface area contributed by atoms with Crippen molar-refractivity contribution in [1.29, 1.82) is 0 Å². The molecule has 126 valence electrons. The number of nitrogens with one attached hydrogen (secondary N) is 1. The Morgan fingerprint density at radius 2 is 2.04 bits per heavy atom. The van der Waals surface area contributed by atoms with Gasteiger partial charge in [0.15, 0.2) is 0 Å². The number of piperidine rings is 2. The first-order valence-electron chi connectivity index (χ1n) is 8.78. The molecule has 2 saturated heterocycles. The van der Waals surface area contributed by atoms with E-state index < -0.39 is 0 Å². The van der Waals surface area contributed by atoms with E-state index in [1.807, 2.05) is 18.2 Å². The van der Waals surface area contributed by atoms with Crippen LogP contribution in [0.1, 0.15) is 32.1 Å². The summed E-state index contributed by atoms with van der Waals surface area (Å²) < 4.78 is 5.91. The molecule has 0 spiro atoms. The van der Waals surface area contributed by atoms with Crippen molar-refractivity contribution in [2.45, 2.75) is 56.3 Å². The van der Waals surface area contributed by atoms with Crippen molar-refractivity contribution >= 4 is 17.3 Å². The van der Waals surface area contributed by atoms with Crippen LogP contribution < -0.4 is 15.8 Å². The highest BCUT2D eigenvalue weighted by atomic mass is 35.5. The predicted molar refractivity (Wildman–Crippen MR) is 94.2 cm³/mol. The highest BCUT2D eigenvalue weighted by molar-refractivity contribution is 6.30. The molecule has 0 aromatic heterocycles. The van der Waals surface area contributed by atoms with Crippen LogP contribution in [0.4, 0.5) is 5.69 Å². The van der Waals surface area contributed by atoms with Crippen LogP contribution in [-0.2, 0) is 0 Å². The molecule has 3 aliphatic heterocycles. The van der Waals surface area contributed by atoms with Crippen molar-refractivity contribution in [2.24, 2.45) is 11.7 Å². The van der Waals surface area contributed by atoms with Crippen LogP contribution in [-0.4, -0.2) is 42.7 Å². The predicted octanol–water partition coefficient (Wildman–Crippen LogP) is 3.10. The van der Waals surface area contributed by atoms with E-state index in [1.165, 1.54) is 32.1 Å². The lowest BCUT2D eigenvalue weighted by atomic mass is 9.74. The van der Waals surface area contributed by atoms with Crippen LogP contribution in [0.5, 0.6) is 5.75 Å². The summed E-state index contributed by atoms with van der Waals surface area (Å²) in [6, 6.07) is 7.43. The largest absolute Gasteiger partial charge is 0.489 e. The molecule has 3 N–H and O–H groups in total. The fourth-order valence-electron chi connectivity index (χ4n) is 4.67. The number of rotatable bonds is 2. The number of nitrogens with zero attached hydrogens (tertiary/aromatic N) is 1. The van der Waals surface area contributed by atoms with Crippen molar-refractivity contribution in [3.05, 3.63) is 23.2 Å². The van der Waals surface area contributed by atoms with Gasteiger partial charge in [0, 0.05) is 23.1 Å². The van der Waals surface area contributed by atoms with Crippen LogP contribution in [0, 0.1) is 5.92 Å². The van der Waals surface area contributed by atoms with Gasteiger partial charge in [-0.3, -0.25) is 0 Å². The average Bonchev–Trinajstić information content (AvgIpc) is 2.53. The average molecular weight is 336 g/mol. The van der Waals surface area contributed by atoms with E-state index in [1.54, 1.807) is 0 Å². The first kappa shape index (κ1) is 15.6. The van der Waals surface area contributed by atoms with Crippen molar-refractivity contribution in [3.63, 3.8) is 0 Å². The molecule has 4 nitrogen and oxygen atoms in total. The minimum Gasteiger partial charge on any atom is -0.489 e. The van der Waals surface area contributed by atoms with Gasteiger partial charge in [0.1, 0.15) is 12.4 Å². The molecule has 1 aromatic rings. The van der Waals surface area contributed by atoms with Gasteiger partial charge in [-0.25, -0.2) is 0 Å². The summed E-state index contributed by atoms with van der Waals surface area (Å²) in [5.41, 5.74) is 7.64. The highest BCUT2D eigenvalue weighted by Crippen LogP contribution is 2.39. The van der Waals surface area contributed by atoms with Gasteiger partial charge in [0.05, 0.1) is 11.7 Å². The molecule has 4 rings (SSSR count). The Hall–Kier alpha value is -0.970. The highest BCUT2D eigenvalue weighted by Gasteiger charge is 2.40. The summed E-state index contributed by atoms with van der Waals surface area (Å²) in [6.45, 7) is 0.636. The van der Waals surface area contributed by atoms with Crippen molar-refractivity contribution in [3.8, 4) is 5.75 Å². The molecular formula is C18H26ClN3O. The zero-order valence-electron chi connectivity index (χ0n) is 13.7. The van der Waals surface area contributed by atoms with Gasteiger partial charge in [-0.15, -0.1) is 0 Å². The summed E-state index contributed by atoms with van der Waals surface area (Å²) >= 11 is 6.10. The van der Waals surface area contributed by atoms with Crippen LogP contribution in [0.15, 0.2) is 18.2 Å². The van der Waals surface area contributed by atoms with E-state index in [9.17, 15) is 0 Å². The Morgan fingerprint density at radius 1 is 1.30 bits per heavy atom. The Labute approximate surface area is 143 Å². The zero-order valence-corrected chi connectivity index (χ0v) is 14.4. The minimum absolute atomic E-state index is 0.124. The Balaban J connectivity index is 1.46. The summed E-state index contributed by atoms with van der Waals surface area (Å²) in [6.07, 6.45) is 6.45. The minimum atomic E-state index is 0.124. The maximum absolute atomic E-state index is 6.67. The molecule has 0 amide bonds. The van der Waals surface area contributed by atoms with Crippen LogP contribution >= 0.6 is 11.6 Å². The van der Waals surface area contributed by atoms with Gasteiger partial charge in [-0.05, 0) is 56.8 Å². The van der Waals surface area contributed by atoms with E-state index in [4.69, 9.17) is 22.1 Å². The molecule has 0 radical (unpaired) electrons. The molecule has 3 heterocycles. The van der Waals surface area contributed by atoms with E-state index in [0.717, 1.165) is 16.5 Å². The SMILES string of the molecule is CN1C2CCCC1CC(C(N)C1COc3ccc(Cl)cc3N1)C2. The third kappa shape index (κ3) is 2.92. The van der Waals surface area contributed by atoms with Crippen LogP contribution in [0.3, 0.4) is 0 Å². The molecule has 4 atom stereocenters. The van der Waals surface area contributed by atoms with E-state index in [0.29, 0.717) is 24.6 Å². The van der Waals surface area contributed by atoms with E-state index >= 15 is 0 Å². The first-order chi connectivity index (χ1) is 11.1.